The van der Waals surface area contributed by atoms with E-state index in [9.17, 15) is 10.1 Å². The molecule has 17 heavy (non-hydrogen) atoms. The maximum atomic E-state index is 10.8. The first-order chi connectivity index (χ1) is 8.16. The highest BCUT2D eigenvalue weighted by atomic mass is 35.5. The van der Waals surface area contributed by atoms with E-state index in [1.807, 2.05) is 0 Å². The van der Waals surface area contributed by atoms with E-state index in [0.717, 1.165) is 0 Å². The van der Waals surface area contributed by atoms with E-state index in [4.69, 9.17) is 11.6 Å². The number of nitrogens with zero attached hydrogens (tertiary/aromatic N) is 3. The highest BCUT2D eigenvalue weighted by Crippen LogP contribution is 2.26. The Labute approximate surface area is 101 Å². The second kappa shape index (κ2) is 4.75. The molecule has 2 rings (SSSR count). The Morgan fingerprint density at radius 1 is 1.29 bits per heavy atom. The van der Waals surface area contributed by atoms with E-state index >= 15 is 0 Å². The molecule has 7 heteroatoms. The summed E-state index contributed by atoms with van der Waals surface area (Å²) in [7, 11) is 0. The van der Waals surface area contributed by atoms with Crippen molar-refractivity contribution in [3.05, 3.63) is 51.8 Å². The van der Waals surface area contributed by atoms with Gasteiger partial charge >= 0.3 is 5.69 Å². The monoisotopic (exact) mass is 250 g/mol. The SMILES string of the molecule is O=[N+]([O-])c1ccc(Cl)nc1Nc1ccccn1. The summed E-state index contributed by atoms with van der Waals surface area (Å²) in [5, 5.41) is 13.7. The summed E-state index contributed by atoms with van der Waals surface area (Å²) in [6.45, 7) is 0. The lowest BCUT2D eigenvalue weighted by Gasteiger charge is -2.04. The van der Waals surface area contributed by atoms with Crippen LogP contribution in [0.4, 0.5) is 17.3 Å². The lowest BCUT2D eigenvalue weighted by Crippen LogP contribution is -2.00. The molecule has 0 atom stereocenters. The van der Waals surface area contributed by atoms with Gasteiger partial charge in [-0.05, 0) is 18.2 Å². The van der Waals surface area contributed by atoms with Gasteiger partial charge in [0.1, 0.15) is 11.0 Å². The molecule has 0 unspecified atom stereocenters. The van der Waals surface area contributed by atoms with Gasteiger partial charge in [-0.3, -0.25) is 10.1 Å². The Kier molecular flexibility index (Phi) is 3.15. The largest absolute Gasteiger partial charge is 0.319 e. The van der Waals surface area contributed by atoms with Crippen molar-refractivity contribution in [1.29, 1.82) is 0 Å². The predicted octanol–water partition coefficient (Wildman–Crippen LogP) is 2.78. The molecule has 86 valence electrons. The molecule has 0 fully saturated rings. The number of nitrogens with one attached hydrogen (secondary N) is 1. The summed E-state index contributed by atoms with van der Waals surface area (Å²) >= 11 is 5.69. The van der Waals surface area contributed by atoms with E-state index < -0.39 is 4.92 Å². The minimum absolute atomic E-state index is 0.0706. The second-order valence-corrected chi connectivity index (χ2v) is 3.49. The number of nitro groups is 1. The zero-order valence-electron chi connectivity index (χ0n) is 8.50. The molecule has 2 heterocycles. The molecule has 2 aromatic heterocycles. The summed E-state index contributed by atoms with van der Waals surface area (Å²) in [5.41, 5.74) is -0.153. The van der Waals surface area contributed by atoms with Gasteiger partial charge in [0, 0.05) is 12.3 Å². The fourth-order valence-electron chi connectivity index (χ4n) is 1.23. The van der Waals surface area contributed by atoms with Gasteiger partial charge in [-0.2, -0.15) is 0 Å². The number of hydrogen-bond donors (Lipinski definition) is 1. The van der Waals surface area contributed by atoms with Crippen molar-refractivity contribution in [3.63, 3.8) is 0 Å². The molecule has 1 N–H and O–H groups in total. The Morgan fingerprint density at radius 2 is 2.12 bits per heavy atom. The van der Waals surface area contributed by atoms with E-state index in [2.05, 4.69) is 15.3 Å². The van der Waals surface area contributed by atoms with Crippen LogP contribution in [0.1, 0.15) is 0 Å². The molecule has 0 aliphatic rings. The third kappa shape index (κ3) is 2.67. The summed E-state index contributed by atoms with van der Waals surface area (Å²) in [5.74, 6) is 0.534. The van der Waals surface area contributed by atoms with Gasteiger partial charge in [0.15, 0.2) is 0 Å². The number of rotatable bonds is 3. The first-order valence-corrected chi connectivity index (χ1v) is 5.03. The Morgan fingerprint density at radius 3 is 2.76 bits per heavy atom. The minimum Gasteiger partial charge on any atom is -0.319 e. The standard InChI is InChI=1S/C10H7ClN4O2/c11-8-5-4-7(15(16)17)10(13-8)14-9-3-1-2-6-12-9/h1-6H,(H,12,13,14). The molecule has 0 aromatic carbocycles. The van der Waals surface area contributed by atoms with E-state index in [-0.39, 0.29) is 16.7 Å². The normalized spacial score (nSPS) is 9.94. The van der Waals surface area contributed by atoms with E-state index in [0.29, 0.717) is 5.82 Å². The van der Waals surface area contributed by atoms with Crippen molar-refractivity contribution in [3.8, 4) is 0 Å². The van der Waals surface area contributed by atoms with Crippen molar-refractivity contribution in [2.45, 2.75) is 0 Å². The molecule has 0 bridgehead atoms. The van der Waals surface area contributed by atoms with Crippen LogP contribution in [-0.2, 0) is 0 Å². The van der Waals surface area contributed by atoms with Gasteiger partial charge in [-0.1, -0.05) is 17.7 Å². The Bertz CT molecular complexity index is 547. The van der Waals surface area contributed by atoms with Gasteiger partial charge in [0.25, 0.3) is 0 Å². The molecule has 2 aromatic rings. The lowest BCUT2D eigenvalue weighted by atomic mass is 10.4. The van der Waals surface area contributed by atoms with E-state index in [1.54, 1.807) is 24.4 Å². The quantitative estimate of drug-likeness (QED) is 0.515. The van der Waals surface area contributed by atoms with Gasteiger partial charge < -0.3 is 5.32 Å². The van der Waals surface area contributed by atoms with Gasteiger partial charge in [0.05, 0.1) is 4.92 Å². The van der Waals surface area contributed by atoms with Crippen LogP contribution in [0.2, 0.25) is 5.15 Å². The van der Waals surface area contributed by atoms with Crippen LogP contribution in [0.25, 0.3) is 0 Å². The van der Waals surface area contributed by atoms with Crippen LogP contribution >= 0.6 is 11.6 Å². The average Bonchev–Trinajstić information content (AvgIpc) is 2.30. The smallest absolute Gasteiger partial charge is 0.311 e. The molecule has 6 nitrogen and oxygen atoms in total. The summed E-state index contributed by atoms with van der Waals surface area (Å²) in [4.78, 5) is 18.1. The number of hydrogen-bond acceptors (Lipinski definition) is 5. The summed E-state index contributed by atoms with van der Waals surface area (Å²) in [6, 6.07) is 7.83. The molecule has 0 aliphatic carbocycles. The van der Waals surface area contributed by atoms with Crippen molar-refractivity contribution >= 4 is 28.9 Å². The highest BCUT2D eigenvalue weighted by molar-refractivity contribution is 6.29. The fourth-order valence-corrected chi connectivity index (χ4v) is 1.37. The maximum absolute atomic E-state index is 10.8. The lowest BCUT2D eigenvalue weighted by molar-refractivity contribution is -0.384. The third-order valence-electron chi connectivity index (χ3n) is 1.95. The third-order valence-corrected chi connectivity index (χ3v) is 2.16. The Hall–Kier alpha value is -2.21. The molecule has 0 spiro atoms. The van der Waals surface area contributed by atoms with Gasteiger partial charge in [0.2, 0.25) is 5.82 Å². The number of aromatic nitrogens is 2. The molecule has 0 saturated heterocycles. The number of pyridine rings is 2. The first-order valence-electron chi connectivity index (χ1n) is 4.66. The van der Waals surface area contributed by atoms with Crippen molar-refractivity contribution < 1.29 is 4.92 Å². The molecular formula is C10H7ClN4O2. The molecule has 0 aliphatic heterocycles. The van der Waals surface area contributed by atoms with Crippen LogP contribution in [0.5, 0.6) is 0 Å². The Balaban J connectivity index is 2.37. The molecule has 0 amide bonds. The highest BCUT2D eigenvalue weighted by Gasteiger charge is 2.15. The van der Waals surface area contributed by atoms with Crippen LogP contribution < -0.4 is 5.32 Å². The van der Waals surface area contributed by atoms with Crippen molar-refractivity contribution in [2.75, 3.05) is 5.32 Å². The minimum atomic E-state index is -0.533. The van der Waals surface area contributed by atoms with Crippen LogP contribution in [0.15, 0.2) is 36.5 Å². The summed E-state index contributed by atoms with van der Waals surface area (Å²) in [6.07, 6.45) is 1.57. The van der Waals surface area contributed by atoms with Crippen LogP contribution in [0.3, 0.4) is 0 Å². The van der Waals surface area contributed by atoms with Gasteiger partial charge in [-0.15, -0.1) is 0 Å². The van der Waals surface area contributed by atoms with E-state index in [1.165, 1.54) is 12.1 Å². The van der Waals surface area contributed by atoms with Crippen molar-refractivity contribution in [1.82, 2.24) is 9.97 Å². The first kappa shape index (κ1) is 11.3. The predicted molar refractivity (Wildman–Crippen MR) is 63.4 cm³/mol. The van der Waals surface area contributed by atoms with Crippen LogP contribution in [0, 0.1) is 10.1 Å². The zero-order valence-corrected chi connectivity index (χ0v) is 9.26. The second-order valence-electron chi connectivity index (χ2n) is 3.10. The molecule has 0 saturated carbocycles. The van der Waals surface area contributed by atoms with Gasteiger partial charge in [-0.25, -0.2) is 9.97 Å². The summed E-state index contributed by atoms with van der Waals surface area (Å²) < 4.78 is 0. The number of anilines is 2. The average molecular weight is 251 g/mol. The fraction of sp³-hybridized carbons (Fsp3) is 0. The van der Waals surface area contributed by atoms with Crippen LogP contribution in [-0.4, -0.2) is 14.9 Å². The molecular weight excluding hydrogens is 244 g/mol. The molecule has 0 radical (unpaired) electrons. The zero-order chi connectivity index (χ0) is 12.3. The topological polar surface area (TPSA) is 81.0 Å². The van der Waals surface area contributed by atoms with Crippen molar-refractivity contribution in [2.24, 2.45) is 0 Å². The number of halogens is 1. The maximum Gasteiger partial charge on any atom is 0.311 e.